The van der Waals surface area contributed by atoms with Gasteiger partial charge in [-0.2, -0.15) is 0 Å². The Morgan fingerprint density at radius 3 is 2.24 bits per heavy atom. The predicted molar refractivity (Wildman–Crippen MR) is 147 cm³/mol. The van der Waals surface area contributed by atoms with Crippen LogP contribution in [0.3, 0.4) is 0 Å². The maximum atomic E-state index is 9.67. The quantitative estimate of drug-likeness (QED) is 0.273. The smallest absolute Gasteiger partial charge is 0.127 e. The van der Waals surface area contributed by atoms with Gasteiger partial charge in [-0.1, -0.05) is 25.4 Å². The largest absolute Gasteiger partial charge is 0.492 e. The number of rotatable bonds is 9. The van der Waals surface area contributed by atoms with E-state index in [1.54, 1.807) is 0 Å². The van der Waals surface area contributed by atoms with Gasteiger partial charge in [-0.25, -0.2) is 4.98 Å². The number of benzene rings is 3. The van der Waals surface area contributed by atoms with Crippen LogP contribution in [0.1, 0.15) is 26.1 Å². The van der Waals surface area contributed by atoms with Gasteiger partial charge in [0.25, 0.3) is 0 Å². The topological polar surface area (TPSA) is 68.5 Å². The molecule has 0 unspecified atom stereocenters. The van der Waals surface area contributed by atoms with Crippen LogP contribution in [-0.4, -0.2) is 40.0 Å². The fourth-order valence-electron chi connectivity index (χ4n) is 4.45. The second kappa shape index (κ2) is 11.4. The van der Waals surface area contributed by atoms with Gasteiger partial charge < -0.3 is 24.5 Å². The highest BCUT2D eigenvalue weighted by Crippen LogP contribution is 2.28. The highest BCUT2D eigenvalue weighted by atomic mass is 35.5. The summed E-state index contributed by atoms with van der Waals surface area (Å²) in [5, 5.41) is 13.6. The second-order valence-electron chi connectivity index (χ2n) is 9.89. The van der Waals surface area contributed by atoms with E-state index in [0.29, 0.717) is 24.1 Å². The number of hydrogen-bond donors (Lipinski definition) is 2. The Bertz CT molecular complexity index is 1300. The molecule has 0 aliphatic carbocycles. The minimum absolute atomic E-state index is 0.187. The summed E-state index contributed by atoms with van der Waals surface area (Å²) in [6, 6.07) is 23.6. The maximum Gasteiger partial charge on any atom is 0.127 e. The van der Waals surface area contributed by atoms with Gasteiger partial charge in [0, 0.05) is 41.5 Å². The molecular weight excluding hydrogens is 486 g/mol. The Balaban J connectivity index is 1.31. The van der Waals surface area contributed by atoms with Crippen molar-refractivity contribution in [1.29, 1.82) is 0 Å². The van der Waals surface area contributed by atoms with Crippen molar-refractivity contribution in [2.24, 2.45) is 5.92 Å². The number of aromatic nitrogens is 2. The van der Waals surface area contributed by atoms with Crippen molar-refractivity contribution in [3.63, 3.8) is 0 Å². The molecule has 2 heterocycles. The molecular formula is C30H32ClN3O3. The van der Waals surface area contributed by atoms with Crippen LogP contribution < -0.4 is 14.8 Å². The monoisotopic (exact) mass is 517 g/mol. The highest BCUT2D eigenvalue weighted by Gasteiger charge is 2.22. The second-order valence-corrected chi connectivity index (χ2v) is 10.3. The van der Waals surface area contributed by atoms with Crippen LogP contribution in [0.4, 0.5) is 0 Å². The minimum atomic E-state index is -0.279. The number of halogens is 1. The van der Waals surface area contributed by atoms with Crippen molar-refractivity contribution in [2.75, 3.05) is 13.2 Å². The van der Waals surface area contributed by atoms with Gasteiger partial charge in [0.1, 0.15) is 29.7 Å². The van der Waals surface area contributed by atoms with Gasteiger partial charge in [-0.15, -0.1) is 0 Å². The molecule has 3 aromatic carbocycles. The van der Waals surface area contributed by atoms with Crippen LogP contribution >= 0.6 is 11.6 Å². The number of nitrogens with one attached hydrogen (secondary N) is 1. The molecule has 1 fully saturated rings. The lowest BCUT2D eigenvalue weighted by molar-refractivity contribution is 0.187. The number of aliphatic hydroxyl groups excluding tert-OH is 1. The lowest BCUT2D eigenvalue weighted by atomic mass is 10.1. The van der Waals surface area contributed by atoms with E-state index < -0.39 is 0 Å². The highest BCUT2D eigenvalue weighted by molar-refractivity contribution is 6.30. The molecule has 0 saturated carbocycles. The summed E-state index contributed by atoms with van der Waals surface area (Å²) < 4.78 is 14.0. The standard InChI is InChI=1S/C30H32ClN3O3/c1-20(2)15-30-33-29(21-3-9-26(10-4-21)36-19-23-16-25(35)17-32-23)18-34(30)24-7-13-28(14-8-24)37-27-11-5-22(31)6-12-27/h3-14,18,20,23,25,32,35H,15-17,19H2,1-2H3/t23-,25+/m0/s1. The Hall–Kier alpha value is -3.32. The molecule has 5 rings (SSSR count). The van der Waals surface area contributed by atoms with E-state index in [-0.39, 0.29) is 12.1 Å². The summed E-state index contributed by atoms with van der Waals surface area (Å²) in [5.74, 6) is 3.80. The van der Waals surface area contributed by atoms with Gasteiger partial charge in [0.2, 0.25) is 0 Å². The molecule has 0 amide bonds. The SMILES string of the molecule is CC(C)Cc1nc(-c2ccc(OC[C@@H]3C[C@@H](O)CN3)cc2)cn1-c1ccc(Oc2ccc(Cl)cc2)cc1. The molecule has 6 nitrogen and oxygen atoms in total. The minimum Gasteiger partial charge on any atom is -0.492 e. The van der Waals surface area contributed by atoms with E-state index in [0.717, 1.165) is 52.9 Å². The van der Waals surface area contributed by atoms with Crippen LogP contribution in [0.5, 0.6) is 17.2 Å². The normalized spacial score (nSPS) is 17.3. The average Bonchev–Trinajstić information content (AvgIpc) is 3.50. The molecule has 1 aliphatic heterocycles. The summed E-state index contributed by atoms with van der Waals surface area (Å²) >= 11 is 5.97. The zero-order valence-electron chi connectivity index (χ0n) is 21.1. The maximum absolute atomic E-state index is 9.67. The summed E-state index contributed by atoms with van der Waals surface area (Å²) in [6.07, 6.45) is 3.40. The zero-order chi connectivity index (χ0) is 25.8. The Labute approximate surface area is 222 Å². The first kappa shape index (κ1) is 25.3. The van der Waals surface area contributed by atoms with Crippen LogP contribution in [0.15, 0.2) is 79.0 Å². The summed E-state index contributed by atoms with van der Waals surface area (Å²) in [5.41, 5.74) is 2.99. The van der Waals surface area contributed by atoms with Crippen LogP contribution in [0, 0.1) is 5.92 Å². The lowest BCUT2D eigenvalue weighted by Gasteiger charge is -2.12. The Morgan fingerprint density at radius 1 is 0.973 bits per heavy atom. The van der Waals surface area contributed by atoms with E-state index in [9.17, 15) is 5.11 Å². The van der Waals surface area contributed by atoms with Crippen LogP contribution in [-0.2, 0) is 6.42 Å². The van der Waals surface area contributed by atoms with Gasteiger partial charge in [0.15, 0.2) is 0 Å². The fourth-order valence-corrected chi connectivity index (χ4v) is 4.57. The fraction of sp³-hybridized carbons (Fsp3) is 0.300. The molecule has 4 aromatic rings. The van der Waals surface area contributed by atoms with Crippen molar-refractivity contribution in [1.82, 2.24) is 14.9 Å². The molecule has 1 aliphatic rings. The third-order valence-electron chi connectivity index (χ3n) is 6.33. The number of nitrogens with zero attached hydrogens (tertiary/aromatic N) is 2. The lowest BCUT2D eigenvalue weighted by Crippen LogP contribution is -2.28. The molecule has 1 aromatic heterocycles. The molecule has 2 N–H and O–H groups in total. The van der Waals surface area contributed by atoms with Gasteiger partial charge in [-0.3, -0.25) is 0 Å². The molecule has 0 bridgehead atoms. The van der Waals surface area contributed by atoms with E-state index in [2.05, 4.69) is 29.9 Å². The zero-order valence-corrected chi connectivity index (χ0v) is 21.9. The van der Waals surface area contributed by atoms with Crippen LogP contribution in [0.25, 0.3) is 16.9 Å². The number of hydrogen-bond acceptors (Lipinski definition) is 5. The molecule has 2 atom stereocenters. The first-order chi connectivity index (χ1) is 17.9. The van der Waals surface area contributed by atoms with Crippen molar-refractivity contribution >= 4 is 11.6 Å². The molecule has 192 valence electrons. The van der Waals surface area contributed by atoms with Gasteiger partial charge >= 0.3 is 0 Å². The van der Waals surface area contributed by atoms with Gasteiger partial charge in [0.05, 0.1) is 11.8 Å². The Morgan fingerprint density at radius 2 is 1.62 bits per heavy atom. The summed E-state index contributed by atoms with van der Waals surface area (Å²) in [4.78, 5) is 4.98. The Kier molecular flexibility index (Phi) is 7.79. The molecule has 0 spiro atoms. The third kappa shape index (κ3) is 6.52. The summed E-state index contributed by atoms with van der Waals surface area (Å²) in [7, 11) is 0. The van der Waals surface area contributed by atoms with Crippen molar-refractivity contribution < 1.29 is 14.6 Å². The molecule has 37 heavy (non-hydrogen) atoms. The number of imidazole rings is 1. The third-order valence-corrected chi connectivity index (χ3v) is 6.59. The number of aliphatic hydroxyl groups is 1. The van der Waals surface area contributed by atoms with Gasteiger partial charge in [-0.05, 0) is 85.1 Å². The molecule has 7 heteroatoms. The van der Waals surface area contributed by atoms with E-state index in [4.69, 9.17) is 26.1 Å². The summed E-state index contributed by atoms with van der Waals surface area (Å²) in [6.45, 7) is 5.58. The van der Waals surface area contributed by atoms with Crippen LogP contribution in [0.2, 0.25) is 5.02 Å². The molecule has 0 radical (unpaired) electrons. The van der Waals surface area contributed by atoms with Crippen molar-refractivity contribution in [2.45, 2.75) is 38.8 Å². The van der Waals surface area contributed by atoms with E-state index in [1.165, 1.54) is 0 Å². The van der Waals surface area contributed by atoms with E-state index in [1.807, 2.05) is 72.8 Å². The van der Waals surface area contributed by atoms with Crippen molar-refractivity contribution in [3.8, 4) is 34.2 Å². The van der Waals surface area contributed by atoms with Crippen molar-refractivity contribution in [3.05, 3.63) is 89.8 Å². The van der Waals surface area contributed by atoms with E-state index >= 15 is 0 Å². The first-order valence-corrected chi connectivity index (χ1v) is 13.1. The number of ether oxygens (including phenoxy) is 2. The first-order valence-electron chi connectivity index (χ1n) is 12.7. The average molecular weight is 518 g/mol. The molecule has 1 saturated heterocycles. The number of β-amino-alcohol motifs (C(OH)–C–C–N with tert-alkyl or cyclic N) is 1. The predicted octanol–water partition coefficient (Wildman–Crippen LogP) is 6.29.